The van der Waals surface area contributed by atoms with Gasteiger partial charge in [-0.3, -0.25) is 4.79 Å². The molecule has 16 heavy (non-hydrogen) atoms. The van der Waals surface area contributed by atoms with Crippen molar-refractivity contribution in [2.45, 2.75) is 20.3 Å². The maximum absolute atomic E-state index is 10.3. The Morgan fingerprint density at radius 2 is 2.00 bits per heavy atom. The Balaban J connectivity index is 2.61. The first-order valence-corrected chi connectivity index (χ1v) is 5.17. The molecular formula is C10H16N4O2. The topological polar surface area (TPSA) is 87.1 Å². The third kappa shape index (κ3) is 4.12. The molecule has 3 N–H and O–H groups in total. The van der Waals surface area contributed by atoms with Crippen LogP contribution in [0.1, 0.15) is 19.2 Å². The van der Waals surface area contributed by atoms with E-state index in [2.05, 4.69) is 20.6 Å². The number of aryl methyl sites for hydroxylation is 1. The van der Waals surface area contributed by atoms with Crippen molar-refractivity contribution < 1.29 is 9.90 Å². The van der Waals surface area contributed by atoms with E-state index in [1.54, 1.807) is 13.0 Å². The van der Waals surface area contributed by atoms with E-state index in [0.29, 0.717) is 18.2 Å². The van der Waals surface area contributed by atoms with Crippen LogP contribution < -0.4 is 10.6 Å². The second-order valence-electron chi connectivity index (χ2n) is 3.29. The molecule has 0 saturated heterocycles. The van der Waals surface area contributed by atoms with Gasteiger partial charge in [0, 0.05) is 19.2 Å². The van der Waals surface area contributed by atoms with Crippen molar-refractivity contribution in [3.63, 3.8) is 0 Å². The van der Waals surface area contributed by atoms with Crippen molar-refractivity contribution in [3.8, 4) is 0 Å². The van der Waals surface area contributed by atoms with Crippen LogP contribution in [0.4, 0.5) is 11.6 Å². The van der Waals surface area contributed by atoms with E-state index in [4.69, 9.17) is 5.11 Å². The van der Waals surface area contributed by atoms with Crippen LogP contribution in [0, 0.1) is 6.92 Å². The van der Waals surface area contributed by atoms with Gasteiger partial charge in [-0.05, 0) is 13.8 Å². The van der Waals surface area contributed by atoms with Crippen LogP contribution in [0.5, 0.6) is 0 Å². The van der Waals surface area contributed by atoms with Crippen LogP contribution in [0.3, 0.4) is 0 Å². The highest BCUT2D eigenvalue weighted by molar-refractivity contribution is 5.67. The first-order valence-electron chi connectivity index (χ1n) is 5.17. The van der Waals surface area contributed by atoms with Crippen LogP contribution in [0.25, 0.3) is 0 Å². The van der Waals surface area contributed by atoms with Crippen molar-refractivity contribution in [1.29, 1.82) is 0 Å². The van der Waals surface area contributed by atoms with Crippen LogP contribution in [-0.4, -0.2) is 34.1 Å². The summed E-state index contributed by atoms with van der Waals surface area (Å²) in [4.78, 5) is 18.7. The first-order chi connectivity index (χ1) is 7.61. The Bertz CT molecular complexity index is 368. The lowest BCUT2D eigenvalue weighted by Gasteiger charge is -2.08. The highest BCUT2D eigenvalue weighted by Crippen LogP contribution is 2.10. The fourth-order valence-corrected chi connectivity index (χ4v) is 1.23. The van der Waals surface area contributed by atoms with Crippen LogP contribution in [0.15, 0.2) is 6.07 Å². The predicted octanol–water partition coefficient (Wildman–Crippen LogP) is 1.10. The maximum atomic E-state index is 10.3. The molecule has 0 radical (unpaired) electrons. The zero-order chi connectivity index (χ0) is 12.0. The predicted molar refractivity (Wildman–Crippen MR) is 61.7 cm³/mol. The van der Waals surface area contributed by atoms with Gasteiger partial charge in [0.2, 0.25) is 0 Å². The summed E-state index contributed by atoms with van der Waals surface area (Å²) >= 11 is 0. The van der Waals surface area contributed by atoms with E-state index in [-0.39, 0.29) is 6.42 Å². The molecular weight excluding hydrogens is 208 g/mol. The Morgan fingerprint density at radius 1 is 1.38 bits per heavy atom. The van der Waals surface area contributed by atoms with Gasteiger partial charge in [0.25, 0.3) is 0 Å². The number of aromatic nitrogens is 2. The highest BCUT2D eigenvalue weighted by Gasteiger charge is 2.01. The number of nitrogens with one attached hydrogen (secondary N) is 2. The number of carboxylic acid groups (broad SMARTS) is 1. The standard InChI is InChI=1S/C10H16N4O2/c1-3-11-8-6-9(14-7(2)13-8)12-5-4-10(15)16/h6H,3-5H2,1-2H3,(H,15,16)(H2,11,12,13,14). The van der Waals surface area contributed by atoms with Gasteiger partial charge in [-0.1, -0.05) is 0 Å². The summed E-state index contributed by atoms with van der Waals surface area (Å²) in [5.74, 6) is 1.21. The average Bonchev–Trinajstić information content (AvgIpc) is 2.16. The number of nitrogens with zero attached hydrogens (tertiary/aromatic N) is 2. The van der Waals surface area contributed by atoms with Gasteiger partial charge in [-0.15, -0.1) is 0 Å². The zero-order valence-corrected chi connectivity index (χ0v) is 9.45. The van der Waals surface area contributed by atoms with Crippen molar-refractivity contribution in [3.05, 3.63) is 11.9 Å². The van der Waals surface area contributed by atoms with Gasteiger partial charge < -0.3 is 15.7 Å². The molecule has 0 aromatic carbocycles. The minimum Gasteiger partial charge on any atom is -0.481 e. The molecule has 0 unspecified atom stereocenters. The molecule has 0 aliphatic heterocycles. The zero-order valence-electron chi connectivity index (χ0n) is 9.45. The monoisotopic (exact) mass is 224 g/mol. The van der Waals surface area contributed by atoms with Crippen molar-refractivity contribution in [2.24, 2.45) is 0 Å². The lowest BCUT2D eigenvalue weighted by atomic mass is 10.4. The molecule has 6 heteroatoms. The fraction of sp³-hybridized carbons (Fsp3) is 0.500. The van der Waals surface area contributed by atoms with E-state index in [1.165, 1.54) is 0 Å². The Labute approximate surface area is 94.1 Å². The number of carboxylic acids is 1. The van der Waals surface area contributed by atoms with Crippen molar-refractivity contribution in [1.82, 2.24) is 9.97 Å². The summed E-state index contributed by atoms with van der Waals surface area (Å²) in [7, 11) is 0. The molecule has 88 valence electrons. The largest absolute Gasteiger partial charge is 0.481 e. The molecule has 0 aliphatic rings. The van der Waals surface area contributed by atoms with Crippen LogP contribution in [0.2, 0.25) is 0 Å². The number of anilines is 2. The van der Waals surface area contributed by atoms with Crippen LogP contribution in [-0.2, 0) is 4.79 Å². The van der Waals surface area contributed by atoms with Gasteiger partial charge in [0.1, 0.15) is 17.5 Å². The normalized spacial score (nSPS) is 9.88. The first kappa shape index (κ1) is 12.2. The fourth-order valence-electron chi connectivity index (χ4n) is 1.23. The number of hydrogen-bond acceptors (Lipinski definition) is 5. The number of hydrogen-bond donors (Lipinski definition) is 3. The molecule has 0 fully saturated rings. The van der Waals surface area contributed by atoms with E-state index < -0.39 is 5.97 Å². The summed E-state index contributed by atoms with van der Waals surface area (Å²) in [6.45, 7) is 4.92. The Kier molecular flexibility index (Phi) is 4.50. The SMILES string of the molecule is CCNc1cc(NCCC(=O)O)nc(C)n1. The molecule has 1 aromatic heterocycles. The molecule has 0 atom stereocenters. The van der Waals surface area contributed by atoms with Crippen molar-refractivity contribution >= 4 is 17.6 Å². The van der Waals surface area contributed by atoms with Crippen molar-refractivity contribution in [2.75, 3.05) is 23.7 Å². The molecule has 6 nitrogen and oxygen atoms in total. The molecule has 0 spiro atoms. The molecule has 0 bridgehead atoms. The minimum atomic E-state index is -0.829. The van der Waals surface area contributed by atoms with E-state index in [9.17, 15) is 4.79 Å². The highest BCUT2D eigenvalue weighted by atomic mass is 16.4. The second kappa shape index (κ2) is 5.89. The lowest BCUT2D eigenvalue weighted by molar-refractivity contribution is -0.136. The van der Waals surface area contributed by atoms with E-state index in [0.717, 1.165) is 12.4 Å². The summed E-state index contributed by atoms with van der Waals surface area (Å²) in [6, 6.07) is 1.76. The quantitative estimate of drug-likeness (QED) is 0.670. The molecule has 0 amide bonds. The molecule has 1 heterocycles. The molecule has 1 rings (SSSR count). The molecule has 0 saturated carbocycles. The summed E-state index contributed by atoms with van der Waals surface area (Å²) < 4.78 is 0. The molecule has 0 aliphatic carbocycles. The summed E-state index contributed by atoms with van der Waals surface area (Å²) in [6.07, 6.45) is 0.0690. The number of carbonyl (C=O) groups is 1. The maximum Gasteiger partial charge on any atom is 0.305 e. The van der Waals surface area contributed by atoms with Gasteiger partial charge in [0.15, 0.2) is 0 Å². The van der Waals surface area contributed by atoms with Gasteiger partial charge in [0.05, 0.1) is 6.42 Å². The smallest absolute Gasteiger partial charge is 0.305 e. The minimum absolute atomic E-state index is 0.0690. The van der Waals surface area contributed by atoms with Gasteiger partial charge in [-0.25, -0.2) is 9.97 Å². The molecule has 1 aromatic rings. The summed E-state index contributed by atoms with van der Waals surface area (Å²) in [5, 5.41) is 14.5. The Morgan fingerprint density at radius 3 is 2.56 bits per heavy atom. The third-order valence-electron chi connectivity index (χ3n) is 1.84. The van der Waals surface area contributed by atoms with Gasteiger partial charge >= 0.3 is 5.97 Å². The lowest BCUT2D eigenvalue weighted by Crippen LogP contribution is -2.10. The van der Waals surface area contributed by atoms with E-state index in [1.807, 2.05) is 6.92 Å². The second-order valence-corrected chi connectivity index (χ2v) is 3.29. The Hall–Kier alpha value is -1.85. The van der Waals surface area contributed by atoms with Gasteiger partial charge in [-0.2, -0.15) is 0 Å². The summed E-state index contributed by atoms with van der Waals surface area (Å²) in [5.41, 5.74) is 0. The van der Waals surface area contributed by atoms with E-state index >= 15 is 0 Å². The third-order valence-corrected chi connectivity index (χ3v) is 1.84. The number of aliphatic carboxylic acids is 1. The van der Waals surface area contributed by atoms with Crippen LogP contribution >= 0.6 is 0 Å². The number of rotatable bonds is 6. The average molecular weight is 224 g/mol.